The fourth-order valence-corrected chi connectivity index (χ4v) is 2.16. The molecule has 130 valence electrons. The topological polar surface area (TPSA) is 96.4 Å². The number of H-pyrrole nitrogens is 1. The zero-order valence-electron chi connectivity index (χ0n) is 14.0. The van der Waals surface area contributed by atoms with E-state index in [2.05, 4.69) is 20.5 Å². The summed E-state index contributed by atoms with van der Waals surface area (Å²) < 4.78 is 5.31. The number of esters is 1. The first-order chi connectivity index (χ1) is 12.6. The third-order valence-electron chi connectivity index (χ3n) is 3.35. The summed E-state index contributed by atoms with van der Waals surface area (Å²) in [4.78, 5) is 30.0. The Balaban J connectivity index is 1.60. The summed E-state index contributed by atoms with van der Waals surface area (Å²) in [5, 5.41) is 4.02. The van der Waals surface area contributed by atoms with Crippen LogP contribution in [-0.2, 0) is 0 Å². The quantitative estimate of drug-likeness (QED) is 0.320. The van der Waals surface area contributed by atoms with Crippen LogP contribution in [0, 0.1) is 6.92 Å². The van der Waals surface area contributed by atoms with Crippen molar-refractivity contribution in [3.8, 4) is 5.75 Å². The summed E-state index contributed by atoms with van der Waals surface area (Å²) >= 11 is 0. The Morgan fingerprint density at radius 3 is 2.58 bits per heavy atom. The highest BCUT2D eigenvalue weighted by atomic mass is 16.5. The van der Waals surface area contributed by atoms with Crippen LogP contribution in [0.5, 0.6) is 5.75 Å². The standard InChI is InChI=1S/C19H16N4O3/c1-13-11-17(24)22-19(21-13)23-20-12-14-7-9-16(10-8-14)26-18(25)15-5-3-2-4-6-15/h2-12H,1H3,(H2,21,22,23,24)/b20-12-. The maximum atomic E-state index is 12.0. The van der Waals surface area contributed by atoms with Gasteiger partial charge in [-0.25, -0.2) is 15.2 Å². The number of benzene rings is 2. The minimum Gasteiger partial charge on any atom is -0.423 e. The van der Waals surface area contributed by atoms with Gasteiger partial charge in [-0.2, -0.15) is 5.10 Å². The SMILES string of the molecule is Cc1cc(=O)[nH]c(N/N=C\c2ccc(OC(=O)c3ccccc3)cc2)n1. The van der Waals surface area contributed by atoms with Crippen molar-refractivity contribution in [3.05, 3.63) is 87.8 Å². The first-order valence-corrected chi connectivity index (χ1v) is 7.84. The number of nitrogens with one attached hydrogen (secondary N) is 2. The van der Waals surface area contributed by atoms with Gasteiger partial charge >= 0.3 is 5.97 Å². The molecule has 0 amide bonds. The van der Waals surface area contributed by atoms with Crippen molar-refractivity contribution in [2.75, 3.05) is 5.43 Å². The van der Waals surface area contributed by atoms with Crippen LogP contribution in [0.2, 0.25) is 0 Å². The number of ether oxygens (including phenoxy) is 1. The third-order valence-corrected chi connectivity index (χ3v) is 3.35. The van der Waals surface area contributed by atoms with Crippen molar-refractivity contribution in [2.45, 2.75) is 6.92 Å². The molecule has 0 saturated carbocycles. The normalized spacial score (nSPS) is 10.7. The van der Waals surface area contributed by atoms with Gasteiger partial charge in [0.2, 0.25) is 5.95 Å². The first-order valence-electron chi connectivity index (χ1n) is 7.84. The highest BCUT2D eigenvalue weighted by Gasteiger charge is 2.07. The molecule has 26 heavy (non-hydrogen) atoms. The van der Waals surface area contributed by atoms with Crippen LogP contribution in [0.25, 0.3) is 0 Å². The van der Waals surface area contributed by atoms with Gasteiger partial charge in [0.1, 0.15) is 5.75 Å². The highest BCUT2D eigenvalue weighted by Crippen LogP contribution is 2.13. The van der Waals surface area contributed by atoms with Gasteiger partial charge in [-0.1, -0.05) is 18.2 Å². The molecule has 0 fully saturated rings. The molecular formula is C19H16N4O3. The lowest BCUT2D eigenvalue weighted by Gasteiger charge is -2.04. The number of aryl methyl sites for hydroxylation is 1. The fourth-order valence-electron chi connectivity index (χ4n) is 2.16. The molecule has 0 bridgehead atoms. The van der Waals surface area contributed by atoms with Crippen molar-refractivity contribution in [2.24, 2.45) is 5.10 Å². The lowest BCUT2D eigenvalue weighted by atomic mass is 10.2. The number of nitrogens with zero attached hydrogens (tertiary/aromatic N) is 2. The number of hydrogen-bond acceptors (Lipinski definition) is 6. The molecule has 0 atom stereocenters. The highest BCUT2D eigenvalue weighted by molar-refractivity contribution is 5.91. The van der Waals surface area contributed by atoms with E-state index in [0.29, 0.717) is 17.0 Å². The van der Waals surface area contributed by atoms with Gasteiger partial charge < -0.3 is 4.74 Å². The van der Waals surface area contributed by atoms with Crippen molar-refractivity contribution in [1.82, 2.24) is 9.97 Å². The van der Waals surface area contributed by atoms with Gasteiger partial charge in [-0.15, -0.1) is 0 Å². The lowest BCUT2D eigenvalue weighted by molar-refractivity contribution is 0.0735. The minimum absolute atomic E-state index is 0.250. The molecule has 2 N–H and O–H groups in total. The lowest BCUT2D eigenvalue weighted by Crippen LogP contribution is -2.10. The monoisotopic (exact) mass is 348 g/mol. The number of carbonyl (C=O) groups is 1. The zero-order valence-corrected chi connectivity index (χ0v) is 14.0. The van der Waals surface area contributed by atoms with Crippen LogP contribution in [-0.4, -0.2) is 22.2 Å². The molecule has 3 rings (SSSR count). The zero-order chi connectivity index (χ0) is 18.4. The largest absolute Gasteiger partial charge is 0.423 e. The Hall–Kier alpha value is -3.74. The second kappa shape index (κ2) is 7.89. The number of aromatic nitrogens is 2. The van der Waals surface area contributed by atoms with Gasteiger partial charge in [-0.3, -0.25) is 9.78 Å². The summed E-state index contributed by atoms with van der Waals surface area (Å²) in [6, 6.07) is 17.0. The molecule has 0 aliphatic rings. The van der Waals surface area contributed by atoms with E-state index in [0.717, 1.165) is 5.56 Å². The molecule has 1 heterocycles. The Kier molecular flexibility index (Phi) is 5.19. The second-order valence-corrected chi connectivity index (χ2v) is 5.43. The van der Waals surface area contributed by atoms with Gasteiger partial charge in [0.15, 0.2) is 0 Å². The van der Waals surface area contributed by atoms with E-state index >= 15 is 0 Å². The number of aromatic amines is 1. The maximum Gasteiger partial charge on any atom is 0.343 e. The van der Waals surface area contributed by atoms with E-state index in [4.69, 9.17) is 4.74 Å². The maximum absolute atomic E-state index is 12.0. The number of carbonyl (C=O) groups excluding carboxylic acids is 1. The van der Waals surface area contributed by atoms with E-state index in [1.54, 1.807) is 61.7 Å². The van der Waals surface area contributed by atoms with Crippen LogP contribution >= 0.6 is 0 Å². The van der Waals surface area contributed by atoms with Crippen molar-refractivity contribution >= 4 is 18.1 Å². The van der Waals surface area contributed by atoms with E-state index in [9.17, 15) is 9.59 Å². The van der Waals surface area contributed by atoms with Gasteiger partial charge in [0, 0.05) is 11.8 Å². The molecule has 0 unspecified atom stereocenters. The molecule has 3 aromatic rings. The van der Waals surface area contributed by atoms with Crippen molar-refractivity contribution < 1.29 is 9.53 Å². The Bertz CT molecular complexity index is 980. The predicted molar refractivity (Wildman–Crippen MR) is 98.7 cm³/mol. The number of rotatable bonds is 5. The van der Waals surface area contributed by atoms with E-state index < -0.39 is 5.97 Å². The molecule has 7 nitrogen and oxygen atoms in total. The Morgan fingerprint density at radius 2 is 1.88 bits per heavy atom. The van der Waals surface area contributed by atoms with E-state index in [-0.39, 0.29) is 11.5 Å². The summed E-state index contributed by atoms with van der Waals surface area (Å²) in [7, 11) is 0. The first kappa shape index (κ1) is 17.1. The van der Waals surface area contributed by atoms with Crippen molar-refractivity contribution in [3.63, 3.8) is 0 Å². The molecule has 0 spiro atoms. The molecule has 2 aromatic carbocycles. The van der Waals surface area contributed by atoms with Crippen molar-refractivity contribution in [1.29, 1.82) is 0 Å². The second-order valence-electron chi connectivity index (χ2n) is 5.43. The number of hydrazone groups is 1. The number of hydrogen-bond donors (Lipinski definition) is 2. The average Bonchev–Trinajstić information content (AvgIpc) is 2.63. The Morgan fingerprint density at radius 1 is 1.15 bits per heavy atom. The van der Waals surface area contributed by atoms with Crippen LogP contribution in [0.3, 0.4) is 0 Å². The molecule has 0 saturated heterocycles. The molecule has 0 aliphatic heterocycles. The minimum atomic E-state index is -0.414. The molecular weight excluding hydrogens is 332 g/mol. The van der Waals surface area contributed by atoms with E-state index in [1.807, 2.05) is 6.07 Å². The Labute approximate surface area is 149 Å². The summed E-state index contributed by atoms with van der Waals surface area (Å²) in [6.07, 6.45) is 1.56. The summed E-state index contributed by atoms with van der Waals surface area (Å²) in [5.41, 5.74) is 4.28. The van der Waals surface area contributed by atoms with Crippen LogP contribution in [0.1, 0.15) is 21.6 Å². The molecule has 0 radical (unpaired) electrons. The number of anilines is 1. The van der Waals surface area contributed by atoms with Gasteiger partial charge in [-0.05, 0) is 48.9 Å². The summed E-state index contributed by atoms with van der Waals surface area (Å²) in [6.45, 7) is 1.72. The van der Waals surface area contributed by atoms with E-state index in [1.165, 1.54) is 6.07 Å². The molecule has 7 heteroatoms. The summed E-state index contributed by atoms with van der Waals surface area (Å²) in [5.74, 6) is 0.288. The average molecular weight is 348 g/mol. The predicted octanol–water partition coefficient (Wildman–Crippen LogP) is 2.74. The smallest absolute Gasteiger partial charge is 0.343 e. The van der Waals surface area contributed by atoms with Gasteiger partial charge in [0.05, 0.1) is 11.8 Å². The van der Waals surface area contributed by atoms with Gasteiger partial charge in [0.25, 0.3) is 5.56 Å². The molecule has 0 aliphatic carbocycles. The fraction of sp³-hybridized carbons (Fsp3) is 0.0526. The van der Waals surface area contributed by atoms with Crippen LogP contribution in [0.15, 0.2) is 70.6 Å². The van der Waals surface area contributed by atoms with Crippen LogP contribution < -0.4 is 15.7 Å². The van der Waals surface area contributed by atoms with Crippen LogP contribution in [0.4, 0.5) is 5.95 Å². The molecule has 1 aromatic heterocycles. The third kappa shape index (κ3) is 4.64.